The number of nitrogens with one attached hydrogen (secondary N) is 2. The number of H-pyrrole nitrogens is 1. The van der Waals surface area contributed by atoms with Crippen molar-refractivity contribution in [3.05, 3.63) is 75.4 Å². The highest BCUT2D eigenvalue weighted by molar-refractivity contribution is 7.15. The molecule has 0 saturated carbocycles. The molecule has 35 heavy (non-hydrogen) atoms. The molecule has 1 aliphatic carbocycles. The first-order chi connectivity index (χ1) is 17.0. The zero-order valence-electron chi connectivity index (χ0n) is 19.8. The van der Waals surface area contributed by atoms with Crippen LogP contribution >= 0.6 is 22.9 Å². The van der Waals surface area contributed by atoms with Crippen LogP contribution in [-0.2, 0) is 16.0 Å². The largest absolute Gasteiger partial charge is 0.492 e. The molecule has 2 aromatic carbocycles. The van der Waals surface area contributed by atoms with Crippen LogP contribution in [-0.4, -0.2) is 35.7 Å². The summed E-state index contributed by atoms with van der Waals surface area (Å²) in [5, 5.41) is 6.02. The van der Waals surface area contributed by atoms with Crippen LogP contribution in [0.5, 0.6) is 5.75 Å². The Kier molecular flexibility index (Phi) is 6.97. The number of fused-ring (bicyclic) bond motifs is 3. The average Bonchev–Trinajstić information content (AvgIpc) is 3.44. The second-order valence-electron chi connectivity index (χ2n) is 8.70. The molecular weight excluding hydrogens is 482 g/mol. The lowest BCUT2D eigenvalue weighted by atomic mass is 9.74. The third-order valence-electron chi connectivity index (χ3n) is 6.42. The van der Waals surface area contributed by atoms with Gasteiger partial charge in [0.15, 0.2) is 5.13 Å². The number of carbonyl (C=O) groups is 1. The lowest BCUT2D eigenvalue weighted by Gasteiger charge is -2.30. The number of thiazole rings is 1. The van der Waals surface area contributed by atoms with Crippen LogP contribution in [0.2, 0.25) is 5.02 Å². The number of carbonyl (C=O) groups excluding carboxylic acids is 1. The normalized spacial score (nSPS) is 17.2. The Labute approximate surface area is 213 Å². The predicted molar refractivity (Wildman–Crippen MR) is 141 cm³/mol. The van der Waals surface area contributed by atoms with E-state index in [4.69, 9.17) is 21.1 Å². The van der Waals surface area contributed by atoms with Gasteiger partial charge < -0.3 is 19.8 Å². The Morgan fingerprint density at radius 1 is 1.26 bits per heavy atom. The number of aryl methyl sites for hydroxylation is 2. The number of hydrogen-bond donors (Lipinski definition) is 2. The Balaban J connectivity index is 1.36. The molecule has 6 nitrogen and oxygen atoms in total. The van der Waals surface area contributed by atoms with Crippen molar-refractivity contribution in [2.75, 3.05) is 25.1 Å². The van der Waals surface area contributed by atoms with Gasteiger partial charge >= 0.3 is 5.97 Å². The third-order valence-corrected chi connectivity index (χ3v) is 7.52. The summed E-state index contributed by atoms with van der Waals surface area (Å²) >= 11 is 7.92. The van der Waals surface area contributed by atoms with Gasteiger partial charge in [-0.1, -0.05) is 23.7 Å². The van der Waals surface area contributed by atoms with Gasteiger partial charge in [0.05, 0.1) is 19.1 Å². The first-order valence-electron chi connectivity index (χ1n) is 11.9. The fraction of sp³-hybridized carbons (Fsp3) is 0.333. The van der Waals surface area contributed by atoms with E-state index in [1.54, 1.807) is 11.3 Å². The van der Waals surface area contributed by atoms with Crippen molar-refractivity contribution >= 4 is 44.9 Å². The van der Waals surface area contributed by atoms with Crippen LogP contribution in [0.4, 0.5) is 5.13 Å². The van der Waals surface area contributed by atoms with Crippen molar-refractivity contribution in [1.29, 1.82) is 0 Å². The minimum Gasteiger partial charge on any atom is -0.492 e. The first kappa shape index (κ1) is 23.7. The topological polar surface area (TPSA) is 76.2 Å². The minimum absolute atomic E-state index is 0.118. The summed E-state index contributed by atoms with van der Waals surface area (Å²) < 4.78 is 11.4. The number of aromatic amines is 1. The van der Waals surface area contributed by atoms with E-state index in [1.807, 2.05) is 50.4 Å². The van der Waals surface area contributed by atoms with Gasteiger partial charge in [0, 0.05) is 38.6 Å². The number of hydrogen-bond acceptors (Lipinski definition) is 6. The molecule has 2 heterocycles. The van der Waals surface area contributed by atoms with E-state index in [9.17, 15) is 4.79 Å². The summed E-state index contributed by atoms with van der Waals surface area (Å²) in [7, 11) is 0. The lowest BCUT2D eigenvalue weighted by Crippen LogP contribution is -2.30. The highest BCUT2D eigenvalue weighted by Crippen LogP contribution is 2.44. The molecule has 2 atom stereocenters. The summed E-state index contributed by atoms with van der Waals surface area (Å²) in [6, 6.07) is 13.9. The van der Waals surface area contributed by atoms with E-state index < -0.39 is 0 Å². The van der Waals surface area contributed by atoms with Crippen LogP contribution in [0.25, 0.3) is 10.9 Å². The molecule has 4 aromatic rings. The number of benzene rings is 2. The standard InChI is InChI=1S/C27H28ClN3O3S/c1-3-33-26(32)21-10-9-20-22-14-18(28)6-11-23(22)31-25(20)24(21)17-4-7-19(8-5-17)34-13-12-29-27-30-15-16(2)35-27/h4-8,11,14-15,21,24,31H,3,9-10,12-13H2,1-2H3,(H,29,30). The van der Waals surface area contributed by atoms with Crippen molar-refractivity contribution in [2.24, 2.45) is 5.92 Å². The Morgan fingerprint density at radius 2 is 2.09 bits per heavy atom. The third kappa shape index (κ3) is 5.02. The van der Waals surface area contributed by atoms with Crippen LogP contribution in [0.3, 0.4) is 0 Å². The molecule has 0 saturated heterocycles. The van der Waals surface area contributed by atoms with E-state index in [0.717, 1.165) is 45.9 Å². The molecular formula is C27H28ClN3O3S. The van der Waals surface area contributed by atoms with E-state index in [1.165, 1.54) is 10.4 Å². The summed E-state index contributed by atoms with van der Waals surface area (Å²) in [6.45, 7) is 5.46. The van der Waals surface area contributed by atoms with Crippen molar-refractivity contribution < 1.29 is 14.3 Å². The highest BCUT2D eigenvalue weighted by Gasteiger charge is 2.38. The van der Waals surface area contributed by atoms with E-state index in [0.29, 0.717) is 24.8 Å². The summed E-state index contributed by atoms with van der Waals surface area (Å²) in [5.74, 6) is 0.276. The van der Waals surface area contributed by atoms with Crippen molar-refractivity contribution in [3.63, 3.8) is 0 Å². The van der Waals surface area contributed by atoms with Crippen molar-refractivity contribution in [3.8, 4) is 5.75 Å². The average molecular weight is 510 g/mol. The Morgan fingerprint density at radius 3 is 2.83 bits per heavy atom. The summed E-state index contributed by atoms with van der Waals surface area (Å²) in [4.78, 5) is 22.0. The second kappa shape index (κ2) is 10.3. The molecule has 0 bridgehead atoms. The van der Waals surface area contributed by atoms with Gasteiger partial charge in [0.1, 0.15) is 12.4 Å². The zero-order chi connectivity index (χ0) is 24.4. The van der Waals surface area contributed by atoms with Crippen LogP contribution in [0.1, 0.15) is 41.0 Å². The number of ether oxygens (including phenoxy) is 2. The number of halogens is 1. The van der Waals surface area contributed by atoms with Crippen molar-refractivity contribution in [1.82, 2.24) is 9.97 Å². The number of esters is 1. The molecule has 0 aliphatic heterocycles. The van der Waals surface area contributed by atoms with E-state index >= 15 is 0 Å². The molecule has 0 fully saturated rings. The monoisotopic (exact) mass is 509 g/mol. The van der Waals surface area contributed by atoms with Crippen molar-refractivity contribution in [2.45, 2.75) is 32.6 Å². The molecule has 1 aliphatic rings. The molecule has 182 valence electrons. The molecule has 5 rings (SSSR count). The smallest absolute Gasteiger partial charge is 0.309 e. The molecule has 8 heteroatoms. The Hall–Kier alpha value is -3.03. The molecule has 2 N–H and O–H groups in total. The second-order valence-corrected chi connectivity index (χ2v) is 10.4. The fourth-order valence-electron chi connectivity index (χ4n) is 4.88. The van der Waals surface area contributed by atoms with Crippen LogP contribution in [0.15, 0.2) is 48.7 Å². The molecule has 0 spiro atoms. The van der Waals surface area contributed by atoms with E-state index in [2.05, 4.69) is 27.4 Å². The van der Waals surface area contributed by atoms with Gasteiger partial charge in [-0.15, -0.1) is 11.3 Å². The summed E-state index contributed by atoms with van der Waals surface area (Å²) in [5.41, 5.74) is 4.40. The maximum atomic E-state index is 12.9. The molecule has 2 unspecified atom stereocenters. The SMILES string of the molecule is CCOC(=O)C1CCc2c([nH]c3ccc(Cl)cc23)C1c1ccc(OCCNc2ncc(C)s2)cc1. The molecule has 2 aromatic heterocycles. The van der Waals surface area contributed by atoms with Gasteiger partial charge in [-0.3, -0.25) is 4.79 Å². The number of rotatable bonds is 8. The predicted octanol–water partition coefficient (Wildman–Crippen LogP) is 6.33. The summed E-state index contributed by atoms with van der Waals surface area (Å²) in [6.07, 6.45) is 3.40. The highest BCUT2D eigenvalue weighted by atomic mass is 35.5. The number of aromatic nitrogens is 2. The van der Waals surface area contributed by atoms with Crippen LogP contribution < -0.4 is 10.1 Å². The van der Waals surface area contributed by atoms with Gasteiger partial charge in [0.2, 0.25) is 0 Å². The van der Waals surface area contributed by atoms with E-state index in [-0.39, 0.29) is 17.8 Å². The van der Waals surface area contributed by atoms with Gasteiger partial charge in [0.25, 0.3) is 0 Å². The maximum absolute atomic E-state index is 12.9. The zero-order valence-corrected chi connectivity index (χ0v) is 21.3. The fourth-order valence-corrected chi connectivity index (χ4v) is 5.74. The van der Waals surface area contributed by atoms with Gasteiger partial charge in [-0.25, -0.2) is 4.98 Å². The first-order valence-corrected chi connectivity index (χ1v) is 13.1. The Bertz CT molecular complexity index is 1330. The minimum atomic E-state index is -0.247. The lowest BCUT2D eigenvalue weighted by molar-refractivity contribution is -0.149. The maximum Gasteiger partial charge on any atom is 0.309 e. The molecule has 0 radical (unpaired) electrons. The van der Waals surface area contributed by atoms with Crippen LogP contribution in [0, 0.1) is 12.8 Å². The molecule has 0 amide bonds. The van der Waals surface area contributed by atoms with Gasteiger partial charge in [-0.05, 0) is 68.1 Å². The quantitative estimate of drug-likeness (QED) is 0.214. The number of nitrogens with zero attached hydrogens (tertiary/aromatic N) is 1. The number of anilines is 1. The van der Waals surface area contributed by atoms with Gasteiger partial charge in [-0.2, -0.15) is 0 Å².